The van der Waals surface area contributed by atoms with Crippen LogP contribution in [0, 0.1) is 0 Å². The number of likely N-dealkylation sites (N-methyl/N-ethyl adjacent to an activating group) is 2. The Balaban J connectivity index is 1.82. The van der Waals surface area contributed by atoms with Gasteiger partial charge in [-0.15, -0.1) is 0 Å². The number of hydrogen-bond acceptors (Lipinski definition) is 5. The Kier molecular flexibility index (Phi) is 6.57. The fourth-order valence-corrected chi connectivity index (χ4v) is 3.52. The highest BCUT2D eigenvalue weighted by atomic mass is 16.5. The normalized spacial score (nSPS) is 13.9. The van der Waals surface area contributed by atoms with Gasteiger partial charge >= 0.3 is 0 Å². The second-order valence-electron chi connectivity index (χ2n) is 6.97. The molecule has 0 saturated carbocycles. The summed E-state index contributed by atoms with van der Waals surface area (Å²) in [4.78, 5) is 16.3. The number of H-pyrrole nitrogens is 1. The van der Waals surface area contributed by atoms with Crippen LogP contribution in [0.25, 0.3) is 11.3 Å². The lowest BCUT2D eigenvalue weighted by Gasteiger charge is -2.22. The van der Waals surface area contributed by atoms with Crippen molar-refractivity contribution >= 4 is 5.91 Å². The topological polar surface area (TPSA) is 70.7 Å². The quantitative estimate of drug-likeness (QED) is 0.755. The van der Waals surface area contributed by atoms with E-state index in [-0.39, 0.29) is 12.5 Å². The summed E-state index contributed by atoms with van der Waals surface area (Å²) in [6.45, 7) is 9.64. The third-order valence-electron chi connectivity index (χ3n) is 5.11. The largest absolute Gasteiger partial charge is 0.490 e. The summed E-state index contributed by atoms with van der Waals surface area (Å²) in [5, 5.41) is 7.72. The number of aromatic amines is 1. The Morgan fingerprint density at radius 1 is 1.21 bits per heavy atom. The van der Waals surface area contributed by atoms with Crippen LogP contribution in [0.4, 0.5) is 0 Å². The van der Waals surface area contributed by atoms with Crippen molar-refractivity contribution in [2.45, 2.75) is 33.7 Å². The van der Waals surface area contributed by atoms with Gasteiger partial charge in [-0.05, 0) is 46.0 Å². The molecule has 152 valence electrons. The Labute approximate surface area is 166 Å². The van der Waals surface area contributed by atoms with Gasteiger partial charge in [0.25, 0.3) is 5.91 Å². The number of carbonyl (C=O) groups excluding carboxylic acids is 1. The smallest absolute Gasteiger partial charge is 0.260 e. The van der Waals surface area contributed by atoms with Crippen LogP contribution in [-0.2, 0) is 17.8 Å². The van der Waals surface area contributed by atoms with E-state index >= 15 is 0 Å². The molecule has 0 radical (unpaired) electrons. The zero-order valence-corrected chi connectivity index (χ0v) is 17.2. The molecule has 2 heterocycles. The van der Waals surface area contributed by atoms with Crippen molar-refractivity contribution in [3.05, 3.63) is 29.5 Å². The Morgan fingerprint density at radius 2 is 2.00 bits per heavy atom. The summed E-state index contributed by atoms with van der Waals surface area (Å²) in [6, 6.07) is 5.79. The second kappa shape index (κ2) is 9.10. The van der Waals surface area contributed by atoms with Crippen LogP contribution in [0.15, 0.2) is 18.2 Å². The minimum atomic E-state index is -0.0269. The first kappa shape index (κ1) is 20.2. The van der Waals surface area contributed by atoms with Gasteiger partial charge in [0.2, 0.25) is 0 Å². The zero-order chi connectivity index (χ0) is 20.1. The first-order valence-electron chi connectivity index (χ1n) is 9.99. The van der Waals surface area contributed by atoms with Gasteiger partial charge in [-0.2, -0.15) is 5.10 Å². The van der Waals surface area contributed by atoms with Gasteiger partial charge in [0.15, 0.2) is 18.1 Å². The van der Waals surface area contributed by atoms with E-state index in [9.17, 15) is 4.79 Å². The van der Waals surface area contributed by atoms with Crippen molar-refractivity contribution < 1.29 is 14.3 Å². The van der Waals surface area contributed by atoms with E-state index in [1.807, 2.05) is 39.0 Å². The van der Waals surface area contributed by atoms with E-state index in [2.05, 4.69) is 22.1 Å². The molecule has 1 aliphatic heterocycles. The van der Waals surface area contributed by atoms with Crippen LogP contribution >= 0.6 is 0 Å². The Hall–Kier alpha value is -2.54. The lowest BCUT2D eigenvalue weighted by Crippen LogP contribution is -2.34. The number of nitrogens with zero attached hydrogens (tertiary/aromatic N) is 3. The Bertz CT molecular complexity index is 814. The maximum Gasteiger partial charge on any atom is 0.260 e. The van der Waals surface area contributed by atoms with Gasteiger partial charge in [-0.25, -0.2) is 0 Å². The minimum absolute atomic E-state index is 0.00367. The lowest BCUT2D eigenvalue weighted by atomic mass is 10.0. The number of hydrogen-bond donors (Lipinski definition) is 1. The molecule has 1 N–H and O–H groups in total. The molecule has 3 rings (SSSR count). The van der Waals surface area contributed by atoms with Gasteiger partial charge in [0.05, 0.1) is 12.3 Å². The highest BCUT2D eigenvalue weighted by Gasteiger charge is 2.22. The molecular weight excluding hydrogens is 356 g/mol. The molecule has 1 aromatic heterocycles. The minimum Gasteiger partial charge on any atom is -0.490 e. The van der Waals surface area contributed by atoms with Gasteiger partial charge in [-0.1, -0.05) is 0 Å². The van der Waals surface area contributed by atoms with Crippen LogP contribution in [-0.4, -0.2) is 65.8 Å². The highest BCUT2D eigenvalue weighted by Crippen LogP contribution is 2.35. The van der Waals surface area contributed by atoms with Crippen LogP contribution in [0.5, 0.6) is 11.5 Å². The molecule has 1 amide bonds. The molecule has 0 spiro atoms. The lowest BCUT2D eigenvalue weighted by molar-refractivity contribution is -0.132. The maximum absolute atomic E-state index is 12.2. The summed E-state index contributed by atoms with van der Waals surface area (Å²) in [5.74, 6) is 1.18. The SMILES string of the molecule is CCOc1cc(-c2n[nH]c3c2CN(C)CC3)ccc1OCC(=O)N(CC)CC. The second-order valence-corrected chi connectivity index (χ2v) is 6.97. The molecular formula is C21H30N4O3. The number of aromatic nitrogens is 2. The molecule has 7 nitrogen and oxygen atoms in total. The molecule has 0 atom stereocenters. The number of amides is 1. The molecule has 0 bridgehead atoms. The van der Waals surface area contributed by atoms with E-state index in [0.717, 1.165) is 30.8 Å². The van der Waals surface area contributed by atoms with Crippen molar-refractivity contribution in [3.8, 4) is 22.8 Å². The zero-order valence-electron chi connectivity index (χ0n) is 17.2. The maximum atomic E-state index is 12.2. The third-order valence-corrected chi connectivity index (χ3v) is 5.11. The van der Waals surface area contributed by atoms with E-state index in [4.69, 9.17) is 9.47 Å². The van der Waals surface area contributed by atoms with Crippen LogP contribution in [0.3, 0.4) is 0 Å². The summed E-state index contributed by atoms with van der Waals surface area (Å²) < 4.78 is 11.6. The number of ether oxygens (including phenoxy) is 2. The number of fused-ring (bicyclic) bond motifs is 1. The highest BCUT2D eigenvalue weighted by molar-refractivity contribution is 5.78. The van der Waals surface area contributed by atoms with Crippen LogP contribution < -0.4 is 9.47 Å². The number of rotatable bonds is 8. The first-order valence-corrected chi connectivity index (χ1v) is 9.99. The van der Waals surface area contributed by atoms with Crippen molar-refractivity contribution in [2.24, 2.45) is 0 Å². The van der Waals surface area contributed by atoms with E-state index in [1.165, 1.54) is 11.3 Å². The average Bonchev–Trinajstić information content (AvgIpc) is 3.11. The standard InChI is InChI=1S/C21H30N4O3/c1-5-25(6-2)20(26)14-28-18-9-8-15(12-19(18)27-7-3)21-16-13-24(4)11-10-17(16)22-23-21/h8-9,12H,5-7,10-11,13-14H2,1-4H3,(H,22,23). The average molecular weight is 386 g/mol. The van der Waals surface area contributed by atoms with E-state index in [1.54, 1.807) is 4.90 Å². The summed E-state index contributed by atoms with van der Waals surface area (Å²) in [5.41, 5.74) is 4.38. The van der Waals surface area contributed by atoms with E-state index < -0.39 is 0 Å². The molecule has 0 aliphatic carbocycles. The monoisotopic (exact) mass is 386 g/mol. The summed E-state index contributed by atoms with van der Waals surface area (Å²) >= 11 is 0. The van der Waals surface area contributed by atoms with Crippen molar-refractivity contribution in [1.82, 2.24) is 20.0 Å². The van der Waals surface area contributed by atoms with Crippen molar-refractivity contribution in [2.75, 3.05) is 39.9 Å². The molecule has 1 aliphatic rings. The van der Waals surface area contributed by atoms with Gasteiger partial charge in [-0.3, -0.25) is 9.89 Å². The third kappa shape index (κ3) is 4.30. The van der Waals surface area contributed by atoms with Crippen LogP contribution in [0.2, 0.25) is 0 Å². The molecule has 0 fully saturated rings. The van der Waals surface area contributed by atoms with Gasteiger partial charge < -0.3 is 19.3 Å². The fourth-order valence-electron chi connectivity index (χ4n) is 3.52. The Morgan fingerprint density at radius 3 is 2.71 bits per heavy atom. The molecule has 28 heavy (non-hydrogen) atoms. The number of benzene rings is 1. The van der Waals surface area contributed by atoms with Gasteiger partial charge in [0, 0.05) is 49.4 Å². The predicted octanol–water partition coefficient (Wildman–Crippen LogP) is 2.71. The van der Waals surface area contributed by atoms with Crippen molar-refractivity contribution in [3.63, 3.8) is 0 Å². The molecule has 2 aromatic rings. The molecule has 1 aromatic carbocycles. The number of nitrogens with one attached hydrogen (secondary N) is 1. The summed E-state index contributed by atoms with van der Waals surface area (Å²) in [7, 11) is 2.12. The predicted molar refractivity (Wildman–Crippen MR) is 109 cm³/mol. The van der Waals surface area contributed by atoms with Gasteiger partial charge in [0.1, 0.15) is 0 Å². The molecule has 0 unspecified atom stereocenters. The number of carbonyl (C=O) groups is 1. The van der Waals surface area contributed by atoms with Crippen molar-refractivity contribution in [1.29, 1.82) is 0 Å². The van der Waals surface area contributed by atoms with Crippen LogP contribution in [0.1, 0.15) is 32.0 Å². The molecule has 0 saturated heterocycles. The first-order chi connectivity index (χ1) is 13.6. The fraction of sp³-hybridized carbons (Fsp3) is 0.524. The summed E-state index contributed by atoms with van der Waals surface area (Å²) in [6.07, 6.45) is 0.978. The molecule has 7 heteroatoms. The van der Waals surface area contributed by atoms with E-state index in [0.29, 0.717) is 31.2 Å².